The molecule has 0 aliphatic heterocycles. The topological polar surface area (TPSA) is 102 Å². The van der Waals surface area contributed by atoms with Gasteiger partial charge < -0.3 is 15.2 Å². The summed E-state index contributed by atoms with van der Waals surface area (Å²) in [6, 6.07) is 11.0. The number of methoxy groups -OCH3 is 1. The molecule has 2 rings (SSSR count). The van der Waals surface area contributed by atoms with E-state index < -0.39 is 17.7 Å². The number of benzene rings is 2. The molecule has 0 unspecified atom stereocenters. The van der Waals surface area contributed by atoms with Crippen LogP contribution in [-0.2, 0) is 4.79 Å². The summed E-state index contributed by atoms with van der Waals surface area (Å²) < 4.78 is 23.3. The fourth-order valence-corrected chi connectivity index (χ4v) is 1.93. The van der Waals surface area contributed by atoms with Gasteiger partial charge in [-0.25, -0.2) is 9.18 Å². The first-order valence-electron chi connectivity index (χ1n) is 7.02. The smallest absolute Gasteiger partial charge is 0.343 e. The minimum Gasteiger partial charge on any atom is -0.493 e. The molecular formula is C18H13FN2O4. The number of primary amides is 1. The number of hydrogen-bond donors (Lipinski definition) is 1. The van der Waals surface area contributed by atoms with Gasteiger partial charge in [-0.2, -0.15) is 5.26 Å². The largest absolute Gasteiger partial charge is 0.493 e. The predicted octanol–water partition coefficient (Wildman–Crippen LogP) is 2.45. The Bertz CT molecular complexity index is 883. The Labute approximate surface area is 142 Å². The Kier molecular flexibility index (Phi) is 5.48. The zero-order valence-electron chi connectivity index (χ0n) is 13.2. The summed E-state index contributed by atoms with van der Waals surface area (Å²) in [4.78, 5) is 23.2. The van der Waals surface area contributed by atoms with E-state index >= 15 is 0 Å². The highest BCUT2D eigenvalue weighted by Gasteiger charge is 2.13. The molecule has 0 fully saturated rings. The molecule has 0 spiro atoms. The molecule has 0 heterocycles. The Morgan fingerprint density at radius 2 is 1.84 bits per heavy atom. The SMILES string of the molecule is COc1cc(C=C(C#N)C(N)=O)ccc1OC(=O)c1ccc(F)cc1. The van der Waals surface area contributed by atoms with E-state index in [2.05, 4.69) is 0 Å². The molecule has 0 aliphatic carbocycles. The van der Waals surface area contributed by atoms with E-state index in [0.29, 0.717) is 5.56 Å². The Hall–Kier alpha value is -3.66. The van der Waals surface area contributed by atoms with Crippen molar-refractivity contribution in [3.63, 3.8) is 0 Å². The second kappa shape index (κ2) is 7.75. The van der Waals surface area contributed by atoms with Crippen molar-refractivity contribution in [3.8, 4) is 17.6 Å². The predicted molar refractivity (Wildman–Crippen MR) is 87.1 cm³/mol. The second-order valence-electron chi connectivity index (χ2n) is 4.84. The van der Waals surface area contributed by atoms with Crippen molar-refractivity contribution in [2.24, 2.45) is 5.73 Å². The Balaban J connectivity index is 2.28. The van der Waals surface area contributed by atoms with Gasteiger partial charge in [-0.15, -0.1) is 0 Å². The maximum absolute atomic E-state index is 12.9. The van der Waals surface area contributed by atoms with E-state index in [-0.39, 0.29) is 22.6 Å². The van der Waals surface area contributed by atoms with Crippen molar-refractivity contribution < 1.29 is 23.5 Å². The van der Waals surface area contributed by atoms with Crippen molar-refractivity contribution >= 4 is 18.0 Å². The molecule has 126 valence electrons. The maximum Gasteiger partial charge on any atom is 0.343 e. The summed E-state index contributed by atoms with van der Waals surface area (Å²) >= 11 is 0. The maximum atomic E-state index is 12.9. The van der Waals surface area contributed by atoms with Gasteiger partial charge in [0, 0.05) is 0 Å². The number of ether oxygens (including phenoxy) is 2. The van der Waals surface area contributed by atoms with E-state index in [1.807, 2.05) is 0 Å². The molecule has 0 aromatic heterocycles. The quantitative estimate of drug-likeness (QED) is 0.390. The minimum absolute atomic E-state index is 0.131. The number of esters is 1. The van der Waals surface area contributed by atoms with Crippen LogP contribution in [0.25, 0.3) is 6.08 Å². The number of nitrogens with two attached hydrogens (primary N) is 1. The molecule has 2 aromatic carbocycles. The van der Waals surface area contributed by atoms with E-state index in [9.17, 15) is 14.0 Å². The summed E-state index contributed by atoms with van der Waals surface area (Å²) in [5.41, 5.74) is 5.50. The van der Waals surface area contributed by atoms with Crippen LogP contribution in [-0.4, -0.2) is 19.0 Å². The van der Waals surface area contributed by atoms with Crippen LogP contribution < -0.4 is 15.2 Å². The average Bonchev–Trinajstić information content (AvgIpc) is 2.60. The van der Waals surface area contributed by atoms with Gasteiger partial charge in [-0.3, -0.25) is 4.79 Å². The van der Waals surface area contributed by atoms with E-state index in [0.717, 1.165) is 12.1 Å². The average molecular weight is 340 g/mol. The normalized spacial score (nSPS) is 10.7. The summed E-state index contributed by atoms with van der Waals surface area (Å²) in [5, 5.41) is 8.86. The zero-order valence-corrected chi connectivity index (χ0v) is 13.2. The molecule has 0 bridgehead atoms. The highest BCUT2D eigenvalue weighted by Crippen LogP contribution is 2.29. The van der Waals surface area contributed by atoms with Crippen LogP contribution in [0.15, 0.2) is 48.0 Å². The molecule has 2 aromatic rings. The molecule has 25 heavy (non-hydrogen) atoms. The first-order valence-corrected chi connectivity index (χ1v) is 7.02. The number of nitrogens with zero attached hydrogens (tertiary/aromatic N) is 1. The van der Waals surface area contributed by atoms with Crippen molar-refractivity contribution in [1.29, 1.82) is 5.26 Å². The van der Waals surface area contributed by atoms with Gasteiger partial charge >= 0.3 is 5.97 Å². The van der Waals surface area contributed by atoms with Crippen molar-refractivity contribution in [1.82, 2.24) is 0 Å². The van der Waals surface area contributed by atoms with Crippen molar-refractivity contribution in [3.05, 3.63) is 65.0 Å². The van der Waals surface area contributed by atoms with Gasteiger partial charge in [0.25, 0.3) is 5.91 Å². The van der Waals surface area contributed by atoms with Crippen LogP contribution in [0, 0.1) is 17.1 Å². The molecule has 6 nitrogen and oxygen atoms in total. The standard InChI is InChI=1S/C18H13FN2O4/c1-24-16-9-11(8-13(10-20)17(21)22)2-7-15(16)25-18(23)12-3-5-14(19)6-4-12/h2-9H,1H3,(H2,21,22). The lowest BCUT2D eigenvalue weighted by Gasteiger charge is -2.10. The van der Waals surface area contributed by atoms with Crippen LogP contribution in [0.4, 0.5) is 4.39 Å². The molecular weight excluding hydrogens is 327 g/mol. The first kappa shape index (κ1) is 17.7. The highest BCUT2D eigenvalue weighted by molar-refractivity contribution is 6.00. The first-order chi connectivity index (χ1) is 11.9. The van der Waals surface area contributed by atoms with Gasteiger partial charge in [0.2, 0.25) is 0 Å². The van der Waals surface area contributed by atoms with Crippen LogP contribution in [0.3, 0.4) is 0 Å². The number of hydrogen-bond acceptors (Lipinski definition) is 5. The number of amides is 1. The third-order valence-electron chi connectivity index (χ3n) is 3.17. The summed E-state index contributed by atoms with van der Waals surface area (Å²) in [6.07, 6.45) is 1.29. The Morgan fingerprint density at radius 3 is 2.40 bits per heavy atom. The number of carbonyl (C=O) groups is 2. The number of halogens is 1. The molecule has 0 saturated carbocycles. The number of rotatable bonds is 5. The van der Waals surface area contributed by atoms with Crippen LogP contribution in [0.2, 0.25) is 0 Å². The summed E-state index contributed by atoms with van der Waals surface area (Å²) in [6.45, 7) is 0. The van der Waals surface area contributed by atoms with Crippen molar-refractivity contribution in [2.75, 3.05) is 7.11 Å². The molecule has 2 N–H and O–H groups in total. The third kappa shape index (κ3) is 4.42. The summed E-state index contributed by atoms with van der Waals surface area (Å²) in [5.74, 6) is -1.66. The molecule has 7 heteroatoms. The van der Waals surface area contributed by atoms with E-state index in [4.69, 9.17) is 20.5 Å². The fourth-order valence-electron chi connectivity index (χ4n) is 1.93. The molecule has 0 saturated heterocycles. The third-order valence-corrected chi connectivity index (χ3v) is 3.17. The molecule has 0 radical (unpaired) electrons. The number of carbonyl (C=O) groups excluding carboxylic acids is 2. The fraction of sp³-hybridized carbons (Fsp3) is 0.0556. The highest BCUT2D eigenvalue weighted by atomic mass is 19.1. The van der Waals surface area contributed by atoms with Gasteiger partial charge in [0.1, 0.15) is 17.5 Å². The molecule has 0 atom stereocenters. The second-order valence-corrected chi connectivity index (χ2v) is 4.84. The lowest BCUT2D eigenvalue weighted by molar-refractivity contribution is -0.114. The van der Waals surface area contributed by atoms with Crippen molar-refractivity contribution in [2.45, 2.75) is 0 Å². The van der Waals surface area contributed by atoms with E-state index in [1.54, 1.807) is 6.07 Å². The minimum atomic E-state index is -0.853. The molecule has 0 aliphatic rings. The van der Waals surface area contributed by atoms with Gasteiger partial charge in [0.15, 0.2) is 11.5 Å². The number of nitriles is 1. The summed E-state index contributed by atoms with van der Waals surface area (Å²) in [7, 11) is 1.37. The lowest BCUT2D eigenvalue weighted by Crippen LogP contribution is -2.12. The van der Waals surface area contributed by atoms with E-state index in [1.165, 1.54) is 43.5 Å². The molecule has 1 amide bonds. The van der Waals surface area contributed by atoms with Gasteiger partial charge in [0.05, 0.1) is 12.7 Å². The zero-order chi connectivity index (χ0) is 18.4. The van der Waals surface area contributed by atoms with Crippen LogP contribution in [0.5, 0.6) is 11.5 Å². The van der Waals surface area contributed by atoms with Crippen LogP contribution >= 0.6 is 0 Å². The van der Waals surface area contributed by atoms with Crippen LogP contribution in [0.1, 0.15) is 15.9 Å². The lowest BCUT2D eigenvalue weighted by atomic mass is 10.1. The van der Waals surface area contributed by atoms with Gasteiger partial charge in [-0.05, 0) is 48.0 Å². The van der Waals surface area contributed by atoms with Gasteiger partial charge in [-0.1, -0.05) is 6.07 Å². The monoisotopic (exact) mass is 340 g/mol. The Morgan fingerprint density at radius 1 is 1.16 bits per heavy atom.